The van der Waals surface area contributed by atoms with E-state index >= 15 is 0 Å². The third kappa shape index (κ3) is 1.35. The number of hydrogen-bond donors (Lipinski definition) is 1. The third-order valence-electron chi connectivity index (χ3n) is 2.20. The van der Waals surface area contributed by atoms with Crippen LogP contribution in [0, 0.1) is 0 Å². The maximum atomic E-state index is 13.7. The summed E-state index contributed by atoms with van der Waals surface area (Å²) in [5.74, 6) is 0.120. The quantitative estimate of drug-likeness (QED) is 0.755. The lowest BCUT2D eigenvalue weighted by Crippen LogP contribution is -2.07. The molecular formula is C11H11FO2. The Morgan fingerprint density at radius 2 is 2.07 bits per heavy atom. The molecule has 0 amide bonds. The van der Waals surface area contributed by atoms with Crippen molar-refractivity contribution in [3.63, 3.8) is 0 Å². The molecule has 0 saturated carbocycles. The van der Waals surface area contributed by atoms with Crippen molar-refractivity contribution in [2.75, 3.05) is 0 Å². The minimum Gasteiger partial charge on any atom is -0.508 e. The van der Waals surface area contributed by atoms with Gasteiger partial charge >= 0.3 is 0 Å². The van der Waals surface area contributed by atoms with Gasteiger partial charge in [-0.25, -0.2) is 4.39 Å². The molecule has 1 N–H and O–H groups in total. The predicted octanol–water partition coefficient (Wildman–Crippen LogP) is 3.34. The molecule has 1 aromatic heterocycles. The fraction of sp³-hybridized carbons (Fsp3) is 0.273. The Balaban J connectivity index is 2.70. The van der Waals surface area contributed by atoms with Crippen LogP contribution in [0.2, 0.25) is 0 Å². The van der Waals surface area contributed by atoms with E-state index in [4.69, 9.17) is 4.42 Å². The van der Waals surface area contributed by atoms with Crippen LogP contribution in [-0.2, 0) is 5.67 Å². The largest absolute Gasteiger partial charge is 0.508 e. The Morgan fingerprint density at radius 3 is 2.71 bits per heavy atom. The standard InChI is InChI=1S/C11H11FO2/c1-11(2,12)9-6-14-10-5-7(13)3-4-8(9)10/h3-6,13H,1-2H3. The fourth-order valence-electron chi connectivity index (χ4n) is 1.48. The van der Waals surface area contributed by atoms with E-state index in [1.165, 1.54) is 32.2 Å². The van der Waals surface area contributed by atoms with E-state index in [2.05, 4.69) is 0 Å². The SMILES string of the molecule is CC(C)(F)c1coc2cc(O)ccc12. The van der Waals surface area contributed by atoms with Crippen LogP contribution in [0.5, 0.6) is 5.75 Å². The molecule has 74 valence electrons. The molecule has 0 unspecified atom stereocenters. The second-order valence-electron chi connectivity index (χ2n) is 3.80. The van der Waals surface area contributed by atoms with Crippen molar-refractivity contribution in [3.05, 3.63) is 30.0 Å². The summed E-state index contributed by atoms with van der Waals surface area (Å²) in [6, 6.07) is 4.66. The molecule has 0 spiro atoms. The predicted molar refractivity (Wildman–Crippen MR) is 52.0 cm³/mol. The summed E-state index contributed by atoms with van der Waals surface area (Å²) in [6.07, 6.45) is 1.39. The molecule has 2 rings (SSSR count). The van der Waals surface area contributed by atoms with Gasteiger partial charge in [0.25, 0.3) is 0 Å². The molecule has 1 aromatic carbocycles. The molecule has 0 aliphatic rings. The molecule has 0 radical (unpaired) electrons. The second-order valence-corrected chi connectivity index (χ2v) is 3.80. The molecular weight excluding hydrogens is 183 g/mol. The zero-order chi connectivity index (χ0) is 10.3. The lowest BCUT2D eigenvalue weighted by molar-refractivity contribution is 0.222. The highest BCUT2D eigenvalue weighted by atomic mass is 19.1. The maximum absolute atomic E-state index is 13.7. The molecule has 0 fully saturated rings. The zero-order valence-electron chi connectivity index (χ0n) is 8.04. The van der Waals surface area contributed by atoms with Gasteiger partial charge in [-0.2, -0.15) is 0 Å². The van der Waals surface area contributed by atoms with Crippen LogP contribution in [0.15, 0.2) is 28.9 Å². The van der Waals surface area contributed by atoms with Crippen molar-refractivity contribution in [1.29, 1.82) is 0 Å². The van der Waals surface area contributed by atoms with E-state index < -0.39 is 5.67 Å². The van der Waals surface area contributed by atoms with Gasteiger partial charge in [0, 0.05) is 17.0 Å². The number of furan rings is 1. The highest BCUT2D eigenvalue weighted by molar-refractivity contribution is 5.83. The Morgan fingerprint density at radius 1 is 1.36 bits per heavy atom. The number of fused-ring (bicyclic) bond motifs is 1. The Hall–Kier alpha value is -1.51. The first-order valence-corrected chi connectivity index (χ1v) is 4.38. The van der Waals surface area contributed by atoms with Gasteiger partial charge in [-0.15, -0.1) is 0 Å². The van der Waals surface area contributed by atoms with Gasteiger partial charge in [-0.1, -0.05) is 0 Å². The van der Waals surface area contributed by atoms with Gasteiger partial charge in [0.05, 0.1) is 6.26 Å². The smallest absolute Gasteiger partial charge is 0.137 e. The van der Waals surface area contributed by atoms with Crippen molar-refractivity contribution in [3.8, 4) is 5.75 Å². The van der Waals surface area contributed by atoms with Gasteiger partial charge in [-0.05, 0) is 26.0 Å². The number of benzene rings is 1. The van der Waals surface area contributed by atoms with Crippen LogP contribution in [0.1, 0.15) is 19.4 Å². The van der Waals surface area contributed by atoms with E-state index in [1.54, 1.807) is 6.07 Å². The average Bonchev–Trinajstić information content (AvgIpc) is 2.45. The van der Waals surface area contributed by atoms with Crippen molar-refractivity contribution in [2.45, 2.75) is 19.5 Å². The Labute approximate surface area is 81.0 Å². The van der Waals surface area contributed by atoms with Crippen LogP contribution in [0.3, 0.4) is 0 Å². The lowest BCUT2D eigenvalue weighted by atomic mass is 10.00. The highest BCUT2D eigenvalue weighted by Crippen LogP contribution is 2.34. The van der Waals surface area contributed by atoms with Crippen molar-refractivity contribution < 1.29 is 13.9 Å². The summed E-state index contributed by atoms with van der Waals surface area (Å²) < 4.78 is 18.8. The molecule has 14 heavy (non-hydrogen) atoms. The highest BCUT2D eigenvalue weighted by Gasteiger charge is 2.23. The first-order chi connectivity index (χ1) is 6.48. The first kappa shape index (κ1) is 9.06. The van der Waals surface area contributed by atoms with E-state index in [1.807, 2.05) is 0 Å². The molecule has 0 saturated heterocycles. The number of rotatable bonds is 1. The molecule has 2 aromatic rings. The molecule has 3 heteroatoms. The molecule has 0 bridgehead atoms. The van der Waals surface area contributed by atoms with Crippen molar-refractivity contribution in [2.24, 2.45) is 0 Å². The summed E-state index contributed by atoms with van der Waals surface area (Å²) in [6.45, 7) is 2.95. The van der Waals surface area contributed by atoms with E-state index in [0.29, 0.717) is 16.5 Å². The van der Waals surface area contributed by atoms with Crippen LogP contribution < -0.4 is 0 Å². The van der Waals surface area contributed by atoms with Gasteiger partial charge in [0.15, 0.2) is 0 Å². The fourth-order valence-corrected chi connectivity index (χ4v) is 1.48. The number of phenols is 1. The maximum Gasteiger partial charge on any atom is 0.137 e. The normalized spacial score (nSPS) is 12.2. The van der Waals surface area contributed by atoms with E-state index in [0.717, 1.165) is 0 Å². The molecule has 0 aliphatic carbocycles. The summed E-state index contributed by atoms with van der Waals surface area (Å²) in [4.78, 5) is 0. The number of halogens is 1. The van der Waals surface area contributed by atoms with E-state index in [-0.39, 0.29) is 5.75 Å². The van der Waals surface area contributed by atoms with Crippen LogP contribution in [0.4, 0.5) is 4.39 Å². The Bertz CT molecular complexity index is 466. The van der Waals surface area contributed by atoms with Gasteiger partial charge in [0.1, 0.15) is 17.0 Å². The topological polar surface area (TPSA) is 33.4 Å². The molecule has 2 nitrogen and oxygen atoms in total. The number of hydrogen-bond acceptors (Lipinski definition) is 2. The van der Waals surface area contributed by atoms with Gasteiger partial charge < -0.3 is 9.52 Å². The summed E-state index contributed by atoms with van der Waals surface area (Å²) in [5, 5.41) is 9.89. The Kier molecular flexibility index (Phi) is 1.77. The summed E-state index contributed by atoms with van der Waals surface area (Å²) >= 11 is 0. The number of aromatic hydroxyl groups is 1. The number of phenolic OH excluding ortho intramolecular Hbond substituents is 1. The van der Waals surface area contributed by atoms with Crippen molar-refractivity contribution in [1.82, 2.24) is 0 Å². The summed E-state index contributed by atoms with van der Waals surface area (Å²) in [7, 11) is 0. The minimum atomic E-state index is -1.43. The van der Waals surface area contributed by atoms with Crippen LogP contribution >= 0.6 is 0 Å². The monoisotopic (exact) mass is 194 g/mol. The summed E-state index contributed by atoms with van der Waals surface area (Å²) in [5.41, 5.74) is -0.416. The first-order valence-electron chi connectivity index (χ1n) is 4.38. The zero-order valence-corrected chi connectivity index (χ0v) is 8.04. The average molecular weight is 194 g/mol. The number of alkyl halides is 1. The van der Waals surface area contributed by atoms with Crippen LogP contribution in [-0.4, -0.2) is 5.11 Å². The third-order valence-corrected chi connectivity index (χ3v) is 2.20. The minimum absolute atomic E-state index is 0.120. The molecule has 0 atom stereocenters. The van der Waals surface area contributed by atoms with Crippen molar-refractivity contribution >= 4 is 11.0 Å². The van der Waals surface area contributed by atoms with Gasteiger partial charge in [0.2, 0.25) is 0 Å². The van der Waals surface area contributed by atoms with Gasteiger partial charge in [-0.3, -0.25) is 0 Å². The molecule has 0 aliphatic heterocycles. The van der Waals surface area contributed by atoms with E-state index in [9.17, 15) is 9.50 Å². The van der Waals surface area contributed by atoms with Crippen LogP contribution in [0.25, 0.3) is 11.0 Å². The lowest BCUT2D eigenvalue weighted by Gasteiger charge is -2.11. The second kappa shape index (κ2) is 2.74. The molecule has 1 heterocycles.